The van der Waals surface area contributed by atoms with Crippen LogP contribution >= 0.6 is 0 Å². The average Bonchev–Trinajstić information content (AvgIpc) is 2.78. The van der Waals surface area contributed by atoms with E-state index in [0.29, 0.717) is 31.9 Å². The number of methoxy groups -OCH3 is 1. The standard InChI is InChI=1S/C12H22N4O2/c1-10(2)16(6-7-18-3)12(17)11-8-15(5-4-13)9-14-11/h8-10H,4-7,13H2,1-3H3. The highest BCUT2D eigenvalue weighted by atomic mass is 16.5. The first-order valence-electron chi connectivity index (χ1n) is 6.12. The van der Waals surface area contributed by atoms with Crippen LogP contribution in [0.1, 0.15) is 24.3 Å². The highest BCUT2D eigenvalue weighted by molar-refractivity contribution is 5.92. The normalized spacial score (nSPS) is 10.9. The quantitative estimate of drug-likeness (QED) is 0.761. The lowest BCUT2D eigenvalue weighted by Gasteiger charge is -2.25. The molecule has 0 fully saturated rings. The fraction of sp³-hybridized carbons (Fsp3) is 0.667. The predicted molar refractivity (Wildman–Crippen MR) is 69.3 cm³/mol. The second-order valence-electron chi connectivity index (χ2n) is 4.37. The van der Waals surface area contributed by atoms with Gasteiger partial charge in [-0.1, -0.05) is 0 Å². The van der Waals surface area contributed by atoms with Gasteiger partial charge in [-0.05, 0) is 13.8 Å². The number of nitrogens with two attached hydrogens (primary N) is 1. The van der Waals surface area contributed by atoms with Gasteiger partial charge in [0, 0.05) is 39.0 Å². The van der Waals surface area contributed by atoms with Crippen molar-refractivity contribution in [3.63, 3.8) is 0 Å². The van der Waals surface area contributed by atoms with E-state index in [9.17, 15) is 4.79 Å². The smallest absolute Gasteiger partial charge is 0.274 e. The molecule has 1 aromatic heterocycles. The van der Waals surface area contributed by atoms with E-state index in [1.807, 2.05) is 18.4 Å². The SMILES string of the molecule is COCCN(C(=O)c1cn(CCN)cn1)C(C)C. The molecule has 0 saturated heterocycles. The van der Waals surface area contributed by atoms with Gasteiger partial charge in [-0.3, -0.25) is 4.79 Å². The summed E-state index contributed by atoms with van der Waals surface area (Å²) >= 11 is 0. The highest BCUT2D eigenvalue weighted by Gasteiger charge is 2.20. The van der Waals surface area contributed by atoms with Crippen LogP contribution in [0.3, 0.4) is 0 Å². The number of imidazole rings is 1. The van der Waals surface area contributed by atoms with E-state index in [2.05, 4.69) is 4.98 Å². The summed E-state index contributed by atoms with van der Waals surface area (Å²) in [4.78, 5) is 18.1. The van der Waals surface area contributed by atoms with E-state index in [-0.39, 0.29) is 11.9 Å². The lowest BCUT2D eigenvalue weighted by atomic mass is 10.3. The van der Waals surface area contributed by atoms with Gasteiger partial charge in [-0.2, -0.15) is 0 Å². The Labute approximate surface area is 108 Å². The first kappa shape index (κ1) is 14.7. The van der Waals surface area contributed by atoms with Gasteiger partial charge >= 0.3 is 0 Å². The van der Waals surface area contributed by atoms with Crippen molar-refractivity contribution in [3.8, 4) is 0 Å². The highest BCUT2D eigenvalue weighted by Crippen LogP contribution is 2.06. The molecule has 2 N–H and O–H groups in total. The first-order valence-corrected chi connectivity index (χ1v) is 6.12. The van der Waals surface area contributed by atoms with Gasteiger partial charge in [-0.15, -0.1) is 0 Å². The molecule has 1 amide bonds. The lowest BCUT2D eigenvalue weighted by Crippen LogP contribution is -2.39. The minimum absolute atomic E-state index is 0.0715. The van der Waals surface area contributed by atoms with E-state index >= 15 is 0 Å². The number of aromatic nitrogens is 2. The van der Waals surface area contributed by atoms with Crippen LogP contribution in [0.25, 0.3) is 0 Å². The van der Waals surface area contributed by atoms with Gasteiger partial charge in [0.1, 0.15) is 5.69 Å². The van der Waals surface area contributed by atoms with Crippen LogP contribution < -0.4 is 5.73 Å². The van der Waals surface area contributed by atoms with Crippen LogP contribution in [0.15, 0.2) is 12.5 Å². The molecule has 0 aliphatic heterocycles. The molecule has 1 rings (SSSR count). The van der Waals surface area contributed by atoms with Gasteiger partial charge in [-0.25, -0.2) is 4.98 Å². The molecule has 0 bridgehead atoms. The lowest BCUT2D eigenvalue weighted by molar-refractivity contribution is 0.0629. The maximum absolute atomic E-state index is 12.3. The molecule has 6 nitrogen and oxygen atoms in total. The molecule has 18 heavy (non-hydrogen) atoms. The van der Waals surface area contributed by atoms with Crippen molar-refractivity contribution in [1.82, 2.24) is 14.5 Å². The minimum atomic E-state index is -0.0715. The number of rotatable bonds is 7. The number of hydrogen-bond acceptors (Lipinski definition) is 4. The largest absolute Gasteiger partial charge is 0.383 e. The van der Waals surface area contributed by atoms with E-state index in [4.69, 9.17) is 10.5 Å². The predicted octanol–water partition coefficient (Wildman–Crippen LogP) is 0.339. The third kappa shape index (κ3) is 3.82. The summed E-state index contributed by atoms with van der Waals surface area (Å²) in [7, 11) is 1.62. The number of hydrogen-bond donors (Lipinski definition) is 1. The molecular formula is C12H22N4O2. The monoisotopic (exact) mass is 254 g/mol. The summed E-state index contributed by atoms with van der Waals surface area (Å²) < 4.78 is 6.84. The van der Waals surface area contributed by atoms with Crippen molar-refractivity contribution < 1.29 is 9.53 Å². The van der Waals surface area contributed by atoms with Crippen LogP contribution in [0.5, 0.6) is 0 Å². The Morgan fingerprint density at radius 1 is 1.61 bits per heavy atom. The van der Waals surface area contributed by atoms with E-state index in [0.717, 1.165) is 0 Å². The summed E-state index contributed by atoms with van der Waals surface area (Å²) in [5.41, 5.74) is 5.91. The average molecular weight is 254 g/mol. The van der Waals surface area contributed by atoms with Crippen LogP contribution in [0, 0.1) is 0 Å². The maximum atomic E-state index is 12.3. The topological polar surface area (TPSA) is 73.4 Å². The third-order valence-electron chi connectivity index (χ3n) is 2.66. The minimum Gasteiger partial charge on any atom is -0.383 e. The zero-order valence-corrected chi connectivity index (χ0v) is 11.3. The Bertz CT molecular complexity index is 376. The first-order chi connectivity index (χ1) is 8.60. The Balaban J connectivity index is 2.74. The molecule has 0 aromatic carbocycles. The number of amides is 1. The molecule has 0 aliphatic carbocycles. The second kappa shape index (κ2) is 7.13. The van der Waals surface area contributed by atoms with Crippen molar-refractivity contribution >= 4 is 5.91 Å². The molecule has 1 heterocycles. The molecule has 0 spiro atoms. The maximum Gasteiger partial charge on any atom is 0.274 e. The zero-order chi connectivity index (χ0) is 13.5. The number of carbonyl (C=O) groups excluding carboxylic acids is 1. The Morgan fingerprint density at radius 2 is 2.33 bits per heavy atom. The van der Waals surface area contributed by atoms with Crippen molar-refractivity contribution in [2.75, 3.05) is 26.8 Å². The molecule has 6 heteroatoms. The van der Waals surface area contributed by atoms with Crippen molar-refractivity contribution in [2.24, 2.45) is 5.73 Å². The van der Waals surface area contributed by atoms with E-state index < -0.39 is 0 Å². The third-order valence-corrected chi connectivity index (χ3v) is 2.66. The Hall–Kier alpha value is -1.40. The van der Waals surface area contributed by atoms with Gasteiger partial charge in [0.2, 0.25) is 0 Å². The molecule has 1 aromatic rings. The Kier molecular flexibility index (Phi) is 5.80. The fourth-order valence-corrected chi connectivity index (χ4v) is 1.67. The summed E-state index contributed by atoms with van der Waals surface area (Å²) in [6, 6.07) is 0.118. The number of nitrogens with zero attached hydrogens (tertiary/aromatic N) is 3. The number of carbonyl (C=O) groups is 1. The van der Waals surface area contributed by atoms with E-state index in [1.54, 1.807) is 24.5 Å². The molecule has 0 aliphatic rings. The van der Waals surface area contributed by atoms with Crippen LogP contribution in [-0.2, 0) is 11.3 Å². The van der Waals surface area contributed by atoms with E-state index in [1.165, 1.54) is 0 Å². The molecular weight excluding hydrogens is 232 g/mol. The van der Waals surface area contributed by atoms with Crippen molar-refractivity contribution in [3.05, 3.63) is 18.2 Å². The van der Waals surface area contributed by atoms with Crippen LogP contribution in [-0.4, -0.2) is 53.2 Å². The zero-order valence-electron chi connectivity index (χ0n) is 11.3. The number of ether oxygens (including phenoxy) is 1. The molecule has 0 saturated carbocycles. The summed E-state index contributed by atoms with van der Waals surface area (Å²) in [6.45, 7) is 6.24. The molecule has 0 unspecified atom stereocenters. The van der Waals surface area contributed by atoms with Crippen molar-refractivity contribution in [2.45, 2.75) is 26.4 Å². The summed E-state index contributed by atoms with van der Waals surface area (Å²) in [6.07, 6.45) is 3.37. The van der Waals surface area contributed by atoms with Gasteiger partial charge < -0.3 is 19.9 Å². The van der Waals surface area contributed by atoms with Gasteiger partial charge in [0.25, 0.3) is 5.91 Å². The van der Waals surface area contributed by atoms with Gasteiger partial charge in [0.15, 0.2) is 0 Å². The molecule has 0 atom stereocenters. The summed E-state index contributed by atoms with van der Waals surface area (Å²) in [5, 5.41) is 0. The second-order valence-corrected chi connectivity index (χ2v) is 4.37. The van der Waals surface area contributed by atoms with Gasteiger partial charge in [0.05, 0.1) is 12.9 Å². The summed E-state index contributed by atoms with van der Waals surface area (Å²) in [5.74, 6) is -0.0715. The molecule has 0 radical (unpaired) electrons. The van der Waals surface area contributed by atoms with Crippen molar-refractivity contribution in [1.29, 1.82) is 0 Å². The molecule has 102 valence electrons. The van der Waals surface area contributed by atoms with Crippen LogP contribution in [0.4, 0.5) is 0 Å². The fourth-order valence-electron chi connectivity index (χ4n) is 1.67. The van der Waals surface area contributed by atoms with Crippen LogP contribution in [0.2, 0.25) is 0 Å². The Morgan fingerprint density at radius 3 is 2.89 bits per heavy atom.